The predicted molar refractivity (Wildman–Crippen MR) is 138 cm³/mol. The number of ether oxygens (including phenoxy) is 5. The number of rotatable bonds is 15. The molecule has 7 heteroatoms. The molecule has 0 saturated carbocycles. The Morgan fingerprint density at radius 1 is 0.886 bits per heavy atom. The third-order valence-corrected chi connectivity index (χ3v) is 5.34. The Labute approximate surface area is 207 Å². The summed E-state index contributed by atoms with van der Waals surface area (Å²) in [5.41, 5.74) is 5.27. The highest BCUT2D eigenvalue weighted by Gasteiger charge is 2.09. The lowest BCUT2D eigenvalue weighted by Crippen LogP contribution is -2.14. The summed E-state index contributed by atoms with van der Waals surface area (Å²) >= 11 is 0. The SMILES string of the molecule is Cc1c(C#CC=N)cccc1COCCOCCOCCOCCOc1cccc2c1NCC=C2. The summed E-state index contributed by atoms with van der Waals surface area (Å²) in [6, 6.07) is 12.0. The lowest BCUT2D eigenvalue weighted by atomic mass is 10.0. The highest BCUT2D eigenvalue weighted by atomic mass is 16.6. The van der Waals surface area contributed by atoms with Crippen molar-refractivity contribution in [1.29, 1.82) is 5.41 Å². The predicted octanol–water partition coefficient (Wildman–Crippen LogP) is 4.08. The average molecular weight is 479 g/mol. The van der Waals surface area contributed by atoms with Gasteiger partial charge in [-0.1, -0.05) is 48.3 Å². The maximum atomic E-state index is 7.03. The first-order chi connectivity index (χ1) is 17.3. The number of para-hydroxylation sites is 1. The summed E-state index contributed by atoms with van der Waals surface area (Å²) in [4.78, 5) is 0. The monoisotopic (exact) mass is 478 g/mol. The van der Waals surface area contributed by atoms with Crippen LogP contribution in [0.5, 0.6) is 5.75 Å². The van der Waals surface area contributed by atoms with Crippen molar-refractivity contribution in [2.24, 2.45) is 0 Å². The minimum atomic E-state index is 0.492. The van der Waals surface area contributed by atoms with E-state index in [1.807, 2.05) is 37.3 Å². The van der Waals surface area contributed by atoms with Crippen LogP contribution < -0.4 is 10.1 Å². The van der Waals surface area contributed by atoms with Gasteiger partial charge in [-0.2, -0.15) is 0 Å². The van der Waals surface area contributed by atoms with E-state index in [0.29, 0.717) is 59.5 Å². The van der Waals surface area contributed by atoms with Crippen LogP contribution in [0.2, 0.25) is 0 Å². The van der Waals surface area contributed by atoms with Crippen molar-refractivity contribution in [3.8, 4) is 17.6 Å². The highest BCUT2D eigenvalue weighted by molar-refractivity contribution is 5.76. The minimum absolute atomic E-state index is 0.492. The molecule has 0 aliphatic carbocycles. The van der Waals surface area contributed by atoms with Crippen molar-refractivity contribution in [2.75, 3.05) is 64.7 Å². The van der Waals surface area contributed by atoms with Crippen LogP contribution in [0.4, 0.5) is 5.69 Å². The zero-order valence-corrected chi connectivity index (χ0v) is 20.3. The topological polar surface area (TPSA) is 82.0 Å². The van der Waals surface area contributed by atoms with Gasteiger partial charge in [-0.15, -0.1) is 0 Å². The van der Waals surface area contributed by atoms with Gasteiger partial charge in [0, 0.05) is 17.7 Å². The van der Waals surface area contributed by atoms with Crippen molar-refractivity contribution in [3.63, 3.8) is 0 Å². The molecule has 186 valence electrons. The molecular formula is C28H34N2O5. The van der Waals surface area contributed by atoms with Crippen LogP contribution in [0.25, 0.3) is 6.08 Å². The quantitative estimate of drug-likeness (QED) is 0.228. The number of anilines is 1. The molecule has 0 radical (unpaired) electrons. The van der Waals surface area contributed by atoms with E-state index in [2.05, 4.69) is 35.4 Å². The van der Waals surface area contributed by atoms with Crippen LogP contribution in [0.3, 0.4) is 0 Å². The van der Waals surface area contributed by atoms with E-state index in [1.165, 1.54) is 0 Å². The number of hydrogen-bond acceptors (Lipinski definition) is 7. The molecule has 2 N–H and O–H groups in total. The summed E-state index contributed by atoms with van der Waals surface area (Å²) in [6.07, 6.45) is 5.29. The fourth-order valence-corrected chi connectivity index (χ4v) is 3.48. The Morgan fingerprint density at radius 3 is 2.31 bits per heavy atom. The van der Waals surface area contributed by atoms with E-state index in [4.69, 9.17) is 29.1 Å². The Morgan fingerprint density at radius 2 is 1.57 bits per heavy atom. The van der Waals surface area contributed by atoms with E-state index in [9.17, 15) is 0 Å². The van der Waals surface area contributed by atoms with Crippen molar-refractivity contribution in [2.45, 2.75) is 13.5 Å². The van der Waals surface area contributed by atoms with Crippen LogP contribution >= 0.6 is 0 Å². The van der Waals surface area contributed by atoms with E-state index in [-0.39, 0.29) is 0 Å². The molecule has 1 aliphatic heterocycles. The van der Waals surface area contributed by atoms with Crippen molar-refractivity contribution in [3.05, 3.63) is 64.7 Å². The van der Waals surface area contributed by atoms with E-state index in [1.54, 1.807) is 0 Å². The maximum Gasteiger partial charge on any atom is 0.143 e. The Balaban J connectivity index is 1.14. The fourth-order valence-electron chi connectivity index (χ4n) is 3.48. The van der Waals surface area contributed by atoms with Crippen LogP contribution in [0.1, 0.15) is 22.3 Å². The molecule has 0 spiro atoms. The number of nitrogens with one attached hydrogen (secondary N) is 2. The van der Waals surface area contributed by atoms with Gasteiger partial charge in [0.2, 0.25) is 0 Å². The molecule has 35 heavy (non-hydrogen) atoms. The lowest BCUT2D eigenvalue weighted by Gasteiger charge is -2.17. The van der Waals surface area contributed by atoms with Crippen molar-refractivity contribution < 1.29 is 23.7 Å². The molecule has 0 saturated heterocycles. The molecule has 1 heterocycles. The van der Waals surface area contributed by atoms with Crippen LogP contribution in [0.15, 0.2) is 42.5 Å². The van der Waals surface area contributed by atoms with Gasteiger partial charge in [-0.05, 0) is 30.2 Å². The zero-order valence-electron chi connectivity index (χ0n) is 20.3. The first-order valence-electron chi connectivity index (χ1n) is 11.9. The van der Waals surface area contributed by atoms with E-state index in [0.717, 1.165) is 46.5 Å². The number of benzene rings is 2. The van der Waals surface area contributed by atoms with Gasteiger partial charge < -0.3 is 29.0 Å². The molecule has 0 atom stereocenters. The fraction of sp³-hybridized carbons (Fsp3) is 0.393. The standard InChI is InChI=1S/C28H34N2O5/c1-23-24(9-4-12-29)6-2-8-26(23)22-34-19-18-32-15-14-31-16-17-33-20-21-35-27-11-3-7-25-10-5-13-30-28(25)27/h2-3,5-8,10-12,29-30H,13-22H2,1H3. The number of fused-ring (bicyclic) bond motifs is 1. The van der Waals surface area contributed by atoms with Crippen molar-refractivity contribution >= 4 is 18.0 Å². The normalized spacial score (nSPS) is 11.8. The Bertz CT molecular complexity index is 1030. The lowest BCUT2D eigenvalue weighted by molar-refractivity contribution is -0.00662. The Hall–Kier alpha value is -3.15. The van der Waals surface area contributed by atoms with Crippen LogP contribution in [-0.4, -0.2) is 65.6 Å². The van der Waals surface area contributed by atoms with Gasteiger partial charge in [-0.3, -0.25) is 5.41 Å². The van der Waals surface area contributed by atoms with Gasteiger partial charge in [0.15, 0.2) is 0 Å². The molecule has 0 amide bonds. The molecule has 0 unspecified atom stereocenters. The second kappa shape index (κ2) is 15.7. The molecule has 2 aromatic carbocycles. The molecule has 0 aromatic heterocycles. The first-order valence-corrected chi connectivity index (χ1v) is 11.9. The van der Waals surface area contributed by atoms with Gasteiger partial charge in [0.1, 0.15) is 12.4 Å². The van der Waals surface area contributed by atoms with Crippen LogP contribution in [0, 0.1) is 24.2 Å². The highest BCUT2D eigenvalue weighted by Crippen LogP contribution is 2.31. The average Bonchev–Trinajstić information content (AvgIpc) is 2.89. The maximum absolute atomic E-state index is 7.03. The summed E-state index contributed by atoms with van der Waals surface area (Å²) in [6.45, 7) is 7.42. The third kappa shape index (κ3) is 9.19. The second-order valence-electron chi connectivity index (χ2n) is 7.75. The summed E-state index contributed by atoms with van der Waals surface area (Å²) in [5, 5.41) is 10.4. The third-order valence-electron chi connectivity index (χ3n) is 5.34. The van der Waals surface area contributed by atoms with Gasteiger partial charge in [0.25, 0.3) is 0 Å². The zero-order chi connectivity index (χ0) is 24.6. The molecule has 0 bridgehead atoms. The molecular weight excluding hydrogens is 444 g/mol. The number of hydrogen-bond donors (Lipinski definition) is 2. The molecule has 7 nitrogen and oxygen atoms in total. The summed E-state index contributed by atoms with van der Waals surface area (Å²) in [7, 11) is 0. The first kappa shape index (κ1) is 26.5. The molecule has 0 fully saturated rings. The smallest absolute Gasteiger partial charge is 0.143 e. The minimum Gasteiger partial charge on any atom is -0.489 e. The second-order valence-corrected chi connectivity index (χ2v) is 7.75. The Kier molecular flexibility index (Phi) is 11.9. The van der Waals surface area contributed by atoms with Crippen LogP contribution in [-0.2, 0) is 25.6 Å². The van der Waals surface area contributed by atoms with Crippen molar-refractivity contribution in [1.82, 2.24) is 0 Å². The van der Waals surface area contributed by atoms with Gasteiger partial charge in [-0.25, -0.2) is 0 Å². The van der Waals surface area contributed by atoms with Gasteiger partial charge >= 0.3 is 0 Å². The summed E-state index contributed by atoms with van der Waals surface area (Å²) < 4.78 is 28.2. The molecule has 3 rings (SSSR count). The molecule has 2 aromatic rings. The largest absolute Gasteiger partial charge is 0.489 e. The van der Waals surface area contributed by atoms with Gasteiger partial charge in [0.05, 0.1) is 64.8 Å². The van der Waals surface area contributed by atoms with E-state index >= 15 is 0 Å². The summed E-state index contributed by atoms with van der Waals surface area (Å²) in [5.74, 6) is 6.48. The van der Waals surface area contributed by atoms with E-state index < -0.39 is 0 Å². The molecule has 1 aliphatic rings.